The molecule has 1 amide bonds. The Hall–Kier alpha value is -2.05. The number of rotatable bonds is 5. The van der Waals surface area contributed by atoms with E-state index in [1.54, 1.807) is 18.2 Å². The van der Waals surface area contributed by atoms with Gasteiger partial charge in [0.05, 0.1) is 24.3 Å². The maximum absolute atomic E-state index is 12.4. The molecule has 1 saturated heterocycles. The zero-order valence-corrected chi connectivity index (χ0v) is 15.7. The molecule has 25 heavy (non-hydrogen) atoms. The molecule has 0 radical (unpaired) electrons. The Morgan fingerprint density at radius 1 is 1.20 bits per heavy atom. The molecule has 132 valence electrons. The first-order valence-corrected chi connectivity index (χ1v) is 9.13. The van der Waals surface area contributed by atoms with Gasteiger partial charge in [0.15, 0.2) is 0 Å². The number of hydrogen-bond acceptors (Lipinski definition) is 4. The van der Waals surface area contributed by atoms with E-state index in [1.165, 1.54) is 0 Å². The summed E-state index contributed by atoms with van der Waals surface area (Å²) in [6.45, 7) is 5.81. The van der Waals surface area contributed by atoms with Gasteiger partial charge in [-0.05, 0) is 65.3 Å². The summed E-state index contributed by atoms with van der Waals surface area (Å²) in [6.07, 6.45) is 0. The second-order valence-corrected chi connectivity index (χ2v) is 6.53. The summed E-state index contributed by atoms with van der Waals surface area (Å²) in [5, 5.41) is 2.92. The zero-order chi connectivity index (χ0) is 17.6. The molecule has 0 spiro atoms. The van der Waals surface area contributed by atoms with Gasteiger partial charge < -0.3 is 19.7 Å². The monoisotopic (exact) mass is 404 g/mol. The predicted molar refractivity (Wildman–Crippen MR) is 103 cm³/mol. The molecule has 1 fully saturated rings. The molecule has 0 aromatic heterocycles. The Labute approximate surface area is 156 Å². The summed E-state index contributed by atoms with van der Waals surface area (Å²) >= 11 is 3.43. The Morgan fingerprint density at radius 3 is 2.56 bits per heavy atom. The van der Waals surface area contributed by atoms with Crippen LogP contribution >= 0.6 is 15.9 Å². The molecule has 0 aliphatic carbocycles. The minimum Gasteiger partial charge on any atom is -0.493 e. The van der Waals surface area contributed by atoms with Crippen molar-refractivity contribution < 1.29 is 14.3 Å². The smallest absolute Gasteiger partial charge is 0.255 e. The van der Waals surface area contributed by atoms with Crippen LogP contribution in [-0.4, -0.2) is 38.8 Å². The van der Waals surface area contributed by atoms with E-state index in [4.69, 9.17) is 9.47 Å². The van der Waals surface area contributed by atoms with Crippen molar-refractivity contribution >= 4 is 33.2 Å². The number of morpholine rings is 1. The lowest BCUT2D eigenvalue weighted by Gasteiger charge is -2.28. The summed E-state index contributed by atoms with van der Waals surface area (Å²) in [7, 11) is 0. The lowest BCUT2D eigenvalue weighted by molar-refractivity contribution is 0.102. The van der Waals surface area contributed by atoms with Crippen molar-refractivity contribution in [2.75, 3.05) is 43.1 Å². The van der Waals surface area contributed by atoms with Gasteiger partial charge in [0.1, 0.15) is 5.75 Å². The number of halogens is 1. The third-order valence-corrected chi connectivity index (χ3v) is 4.62. The lowest BCUT2D eigenvalue weighted by atomic mass is 10.2. The van der Waals surface area contributed by atoms with Gasteiger partial charge in [0.25, 0.3) is 5.91 Å². The fourth-order valence-electron chi connectivity index (χ4n) is 2.70. The largest absolute Gasteiger partial charge is 0.493 e. The molecule has 2 aromatic carbocycles. The number of nitrogens with zero attached hydrogens (tertiary/aromatic N) is 1. The molecule has 0 unspecified atom stereocenters. The molecule has 1 N–H and O–H groups in total. The maximum atomic E-state index is 12.4. The number of nitrogens with one attached hydrogen (secondary N) is 1. The second kappa shape index (κ2) is 8.36. The van der Waals surface area contributed by atoms with E-state index in [9.17, 15) is 4.79 Å². The van der Waals surface area contributed by atoms with Crippen LogP contribution in [0.1, 0.15) is 17.3 Å². The fraction of sp³-hybridized carbons (Fsp3) is 0.316. The SMILES string of the molecule is CCOc1ccc(C(=O)Nc2ccc(N3CCOCC3)cc2)cc1Br. The van der Waals surface area contributed by atoms with Crippen LogP contribution in [0.3, 0.4) is 0 Å². The highest BCUT2D eigenvalue weighted by Gasteiger charge is 2.12. The molecular weight excluding hydrogens is 384 g/mol. The van der Waals surface area contributed by atoms with Crippen LogP contribution in [0.5, 0.6) is 5.75 Å². The normalized spacial score (nSPS) is 14.2. The molecule has 1 heterocycles. The second-order valence-electron chi connectivity index (χ2n) is 5.68. The van der Waals surface area contributed by atoms with Gasteiger partial charge in [-0.25, -0.2) is 0 Å². The number of amides is 1. The van der Waals surface area contributed by atoms with E-state index in [0.29, 0.717) is 12.2 Å². The number of carbonyl (C=O) groups excluding carboxylic acids is 1. The Morgan fingerprint density at radius 2 is 1.92 bits per heavy atom. The molecule has 0 atom stereocenters. The molecule has 2 aromatic rings. The maximum Gasteiger partial charge on any atom is 0.255 e. The van der Waals surface area contributed by atoms with Crippen LogP contribution in [0, 0.1) is 0 Å². The fourth-order valence-corrected chi connectivity index (χ4v) is 3.19. The summed E-state index contributed by atoms with van der Waals surface area (Å²) in [5.41, 5.74) is 2.49. The molecule has 6 heteroatoms. The van der Waals surface area contributed by atoms with Crippen LogP contribution in [0.15, 0.2) is 46.9 Å². The average molecular weight is 405 g/mol. The van der Waals surface area contributed by atoms with Crippen LogP contribution in [0.2, 0.25) is 0 Å². The van der Waals surface area contributed by atoms with Crippen LogP contribution in [0.4, 0.5) is 11.4 Å². The predicted octanol–water partition coefficient (Wildman–Crippen LogP) is 3.94. The van der Waals surface area contributed by atoms with E-state index in [2.05, 4.69) is 26.1 Å². The van der Waals surface area contributed by atoms with E-state index in [1.807, 2.05) is 31.2 Å². The first-order chi connectivity index (χ1) is 12.2. The van der Waals surface area contributed by atoms with E-state index in [0.717, 1.165) is 47.9 Å². The molecule has 1 aliphatic heterocycles. The number of benzene rings is 2. The number of ether oxygens (including phenoxy) is 2. The first-order valence-electron chi connectivity index (χ1n) is 8.34. The van der Waals surface area contributed by atoms with Gasteiger partial charge in [-0.2, -0.15) is 0 Å². The van der Waals surface area contributed by atoms with Crippen molar-refractivity contribution in [1.82, 2.24) is 0 Å². The van der Waals surface area contributed by atoms with Crippen molar-refractivity contribution in [2.24, 2.45) is 0 Å². The van der Waals surface area contributed by atoms with Crippen LogP contribution in [-0.2, 0) is 4.74 Å². The Balaban J connectivity index is 1.65. The molecule has 0 bridgehead atoms. The average Bonchev–Trinajstić information content (AvgIpc) is 2.65. The lowest BCUT2D eigenvalue weighted by Crippen LogP contribution is -2.36. The topological polar surface area (TPSA) is 50.8 Å². The number of hydrogen-bond donors (Lipinski definition) is 1. The highest BCUT2D eigenvalue weighted by atomic mass is 79.9. The summed E-state index contributed by atoms with van der Waals surface area (Å²) in [6, 6.07) is 13.2. The third kappa shape index (κ3) is 4.52. The quantitative estimate of drug-likeness (QED) is 0.819. The minimum atomic E-state index is -0.150. The molecule has 0 saturated carbocycles. The van der Waals surface area contributed by atoms with Gasteiger partial charge in [0, 0.05) is 30.0 Å². The van der Waals surface area contributed by atoms with Crippen molar-refractivity contribution in [1.29, 1.82) is 0 Å². The number of carbonyl (C=O) groups is 1. The van der Waals surface area contributed by atoms with Gasteiger partial charge in [-0.3, -0.25) is 4.79 Å². The molecule has 5 nitrogen and oxygen atoms in total. The van der Waals surface area contributed by atoms with Crippen LogP contribution in [0.25, 0.3) is 0 Å². The minimum absolute atomic E-state index is 0.150. The zero-order valence-electron chi connectivity index (χ0n) is 14.1. The van der Waals surface area contributed by atoms with Gasteiger partial charge in [0.2, 0.25) is 0 Å². The summed E-state index contributed by atoms with van der Waals surface area (Å²) in [5.74, 6) is 0.580. The first kappa shape index (κ1) is 17.8. The van der Waals surface area contributed by atoms with Gasteiger partial charge in [-0.15, -0.1) is 0 Å². The van der Waals surface area contributed by atoms with E-state index < -0.39 is 0 Å². The highest BCUT2D eigenvalue weighted by Crippen LogP contribution is 2.26. The highest BCUT2D eigenvalue weighted by molar-refractivity contribution is 9.10. The molecule has 3 rings (SSSR count). The standard InChI is InChI=1S/C19H21BrN2O3/c1-2-25-18-8-3-14(13-17(18)20)19(23)21-15-4-6-16(7-5-15)22-9-11-24-12-10-22/h3-8,13H,2,9-12H2,1H3,(H,21,23). The molecule has 1 aliphatic rings. The van der Waals surface area contributed by atoms with Crippen molar-refractivity contribution in [3.63, 3.8) is 0 Å². The van der Waals surface area contributed by atoms with E-state index in [-0.39, 0.29) is 5.91 Å². The van der Waals surface area contributed by atoms with E-state index >= 15 is 0 Å². The third-order valence-electron chi connectivity index (χ3n) is 4.00. The van der Waals surface area contributed by atoms with Crippen LogP contribution < -0.4 is 15.0 Å². The van der Waals surface area contributed by atoms with Crippen molar-refractivity contribution in [3.8, 4) is 5.75 Å². The Kier molecular flexibility index (Phi) is 5.94. The van der Waals surface area contributed by atoms with Crippen molar-refractivity contribution in [3.05, 3.63) is 52.5 Å². The summed E-state index contributed by atoms with van der Waals surface area (Å²) in [4.78, 5) is 14.7. The summed E-state index contributed by atoms with van der Waals surface area (Å²) < 4.78 is 11.6. The number of anilines is 2. The Bertz CT molecular complexity index is 728. The van der Waals surface area contributed by atoms with Gasteiger partial charge >= 0.3 is 0 Å². The van der Waals surface area contributed by atoms with Gasteiger partial charge in [-0.1, -0.05) is 0 Å². The van der Waals surface area contributed by atoms with Crippen molar-refractivity contribution in [2.45, 2.75) is 6.92 Å². The molecular formula is C19H21BrN2O3.